The summed E-state index contributed by atoms with van der Waals surface area (Å²) in [4.78, 5) is 14.0. The molecule has 0 bridgehead atoms. The molecule has 132 valence electrons. The molecule has 1 aromatic heterocycles. The molecule has 1 aromatic carbocycles. The molecule has 0 aliphatic carbocycles. The van der Waals surface area contributed by atoms with E-state index in [1.54, 1.807) is 0 Å². The van der Waals surface area contributed by atoms with E-state index in [1.807, 2.05) is 27.9 Å². The predicted octanol–water partition coefficient (Wildman–Crippen LogP) is 1.88. The van der Waals surface area contributed by atoms with E-state index in [0.717, 1.165) is 45.0 Å². The molecule has 2 aliphatic rings. The zero-order valence-electron chi connectivity index (χ0n) is 14.4. The van der Waals surface area contributed by atoms with Crippen LogP contribution in [0.15, 0.2) is 42.6 Å². The lowest BCUT2D eigenvalue weighted by Gasteiger charge is -2.29. The molecule has 2 unspecified atom stereocenters. The van der Waals surface area contributed by atoms with Crippen LogP contribution in [0.3, 0.4) is 0 Å². The number of carbonyl (C=O) groups is 1. The van der Waals surface area contributed by atoms with Gasteiger partial charge in [0.05, 0.1) is 6.20 Å². The second-order valence-corrected chi connectivity index (χ2v) is 6.96. The fraction of sp³-hybridized carbons (Fsp3) is 0.474. The van der Waals surface area contributed by atoms with Gasteiger partial charge < -0.3 is 15.5 Å². The molecule has 1 amide bonds. The number of rotatable bonds is 6. The van der Waals surface area contributed by atoms with Gasteiger partial charge in [-0.2, -0.15) is 5.10 Å². The fourth-order valence-corrected chi connectivity index (χ4v) is 3.72. The van der Waals surface area contributed by atoms with Gasteiger partial charge in [-0.05, 0) is 12.0 Å². The predicted molar refractivity (Wildman–Crippen MR) is 97.2 cm³/mol. The Morgan fingerprint density at radius 2 is 2.16 bits per heavy atom. The molecule has 6 heteroatoms. The standard InChI is InChI=1S/C19H25N5O/c25-19-7-4-10-23(19)14-17(16-5-2-1-3-6-16)20-11-15-12-21-18-8-9-22-24(18)13-15/h1-3,5-6,8-9,15,17,20-21H,4,7,10-14H2. The molecule has 2 N–H and O–H groups in total. The molecule has 0 saturated carbocycles. The Kier molecular flexibility index (Phi) is 4.70. The number of amides is 1. The number of likely N-dealkylation sites (tertiary alicyclic amines) is 1. The van der Waals surface area contributed by atoms with E-state index >= 15 is 0 Å². The van der Waals surface area contributed by atoms with Crippen LogP contribution in [0, 0.1) is 5.92 Å². The van der Waals surface area contributed by atoms with Gasteiger partial charge in [-0.25, -0.2) is 4.68 Å². The third kappa shape index (κ3) is 3.69. The molecule has 25 heavy (non-hydrogen) atoms. The number of anilines is 1. The normalized spacial score (nSPS) is 21.0. The number of aromatic nitrogens is 2. The first kappa shape index (κ1) is 16.1. The summed E-state index contributed by atoms with van der Waals surface area (Å²) < 4.78 is 2.03. The van der Waals surface area contributed by atoms with E-state index in [2.05, 4.69) is 40.0 Å². The van der Waals surface area contributed by atoms with Crippen molar-refractivity contribution in [3.63, 3.8) is 0 Å². The maximum atomic E-state index is 12.0. The van der Waals surface area contributed by atoms with Gasteiger partial charge in [0.25, 0.3) is 0 Å². The van der Waals surface area contributed by atoms with Gasteiger partial charge in [-0.1, -0.05) is 30.3 Å². The average Bonchev–Trinajstić information content (AvgIpc) is 3.27. The molecule has 6 nitrogen and oxygen atoms in total. The molecule has 0 spiro atoms. The van der Waals surface area contributed by atoms with E-state index in [9.17, 15) is 4.79 Å². The zero-order valence-corrected chi connectivity index (χ0v) is 14.4. The van der Waals surface area contributed by atoms with Gasteiger partial charge in [0.1, 0.15) is 5.82 Å². The van der Waals surface area contributed by atoms with Crippen molar-refractivity contribution >= 4 is 11.7 Å². The summed E-state index contributed by atoms with van der Waals surface area (Å²) in [5, 5.41) is 11.5. The van der Waals surface area contributed by atoms with Gasteiger partial charge in [-0.15, -0.1) is 0 Å². The molecule has 1 fully saturated rings. The number of fused-ring (bicyclic) bond motifs is 1. The molecule has 2 aromatic rings. The van der Waals surface area contributed by atoms with Crippen LogP contribution in [0.25, 0.3) is 0 Å². The van der Waals surface area contributed by atoms with Gasteiger partial charge in [0.15, 0.2) is 0 Å². The smallest absolute Gasteiger partial charge is 0.222 e. The highest BCUT2D eigenvalue weighted by Crippen LogP contribution is 2.20. The molecule has 2 atom stereocenters. The first-order valence-electron chi connectivity index (χ1n) is 9.11. The summed E-state index contributed by atoms with van der Waals surface area (Å²) >= 11 is 0. The number of carbonyl (C=O) groups excluding carboxylic acids is 1. The van der Waals surface area contributed by atoms with Gasteiger partial charge in [0.2, 0.25) is 5.91 Å². The number of hydrogen-bond acceptors (Lipinski definition) is 4. The summed E-state index contributed by atoms with van der Waals surface area (Å²) in [7, 11) is 0. The Morgan fingerprint density at radius 3 is 2.96 bits per heavy atom. The van der Waals surface area contributed by atoms with E-state index in [-0.39, 0.29) is 11.9 Å². The number of nitrogens with zero attached hydrogens (tertiary/aromatic N) is 3. The lowest BCUT2D eigenvalue weighted by Crippen LogP contribution is -2.41. The summed E-state index contributed by atoms with van der Waals surface area (Å²) in [6, 6.07) is 12.6. The Morgan fingerprint density at radius 1 is 1.28 bits per heavy atom. The van der Waals surface area contributed by atoms with Crippen LogP contribution < -0.4 is 10.6 Å². The van der Waals surface area contributed by atoms with Crippen molar-refractivity contribution in [1.82, 2.24) is 20.0 Å². The molecule has 1 saturated heterocycles. The highest BCUT2D eigenvalue weighted by Gasteiger charge is 2.25. The third-order valence-corrected chi connectivity index (χ3v) is 5.15. The topological polar surface area (TPSA) is 62.2 Å². The molecule has 2 aliphatic heterocycles. The van der Waals surface area contributed by atoms with Crippen LogP contribution in [0.2, 0.25) is 0 Å². The Bertz CT molecular complexity index is 714. The molecular formula is C19H25N5O. The zero-order chi connectivity index (χ0) is 17.1. The first-order chi connectivity index (χ1) is 12.3. The second-order valence-electron chi connectivity index (χ2n) is 6.96. The minimum Gasteiger partial charge on any atom is -0.370 e. The van der Waals surface area contributed by atoms with Crippen molar-refractivity contribution in [2.24, 2.45) is 5.92 Å². The van der Waals surface area contributed by atoms with E-state index in [1.165, 1.54) is 5.56 Å². The van der Waals surface area contributed by atoms with Gasteiger partial charge in [0, 0.05) is 57.2 Å². The van der Waals surface area contributed by atoms with E-state index < -0.39 is 0 Å². The van der Waals surface area contributed by atoms with Crippen molar-refractivity contribution in [3.05, 3.63) is 48.2 Å². The lowest BCUT2D eigenvalue weighted by atomic mass is 10.0. The summed E-state index contributed by atoms with van der Waals surface area (Å²) in [6.07, 6.45) is 3.51. The van der Waals surface area contributed by atoms with Gasteiger partial charge >= 0.3 is 0 Å². The lowest BCUT2D eigenvalue weighted by molar-refractivity contribution is -0.128. The first-order valence-corrected chi connectivity index (χ1v) is 9.11. The maximum absolute atomic E-state index is 12.0. The van der Waals surface area contributed by atoms with Gasteiger partial charge in [-0.3, -0.25) is 4.79 Å². The fourth-order valence-electron chi connectivity index (χ4n) is 3.72. The van der Waals surface area contributed by atoms with Crippen molar-refractivity contribution in [2.75, 3.05) is 31.5 Å². The third-order valence-electron chi connectivity index (χ3n) is 5.15. The largest absolute Gasteiger partial charge is 0.370 e. The molecule has 3 heterocycles. The molecular weight excluding hydrogens is 314 g/mol. The monoisotopic (exact) mass is 339 g/mol. The highest BCUT2D eigenvalue weighted by atomic mass is 16.2. The summed E-state index contributed by atoms with van der Waals surface area (Å²) in [5.41, 5.74) is 1.24. The van der Waals surface area contributed by atoms with Crippen LogP contribution in [0.1, 0.15) is 24.4 Å². The van der Waals surface area contributed by atoms with Crippen LogP contribution >= 0.6 is 0 Å². The highest BCUT2D eigenvalue weighted by molar-refractivity contribution is 5.78. The number of nitrogens with one attached hydrogen (secondary N) is 2. The quantitative estimate of drug-likeness (QED) is 0.843. The number of hydrogen-bond donors (Lipinski definition) is 2. The van der Waals surface area contributed by atoms with Crippen molar-refractivity contribution < 1.29 is 4.79 Å². The summed E-state index contributed by atoms with van der Waals surface area (Å²) in [5.74, 6) is 1.86. The maximum Gasteiger partial charge on any atom is 0.222 e. The van der Waals surface area contributed by atoms with Crippen molar-refractivity contribution in [3.8, 4) is 0 Å². The van der Waals surface area contributed by atoms with Crippen molar-refractivity contribution in [2.45, 2.75) is 25.4 Å². The van der Waals surface area contributed by atoms with E-state index in [0.29, 0.717) is 12.3 Å². The SMILES string of the molecule is O=C1CCCN1CC(NCC1CNc2ccnn2C1)c1ccccc1. The van der Waals surface area contributed by atoms with Crippen molar-refractivity contribution in [1.29, 1.82) is 0 Å². The van der Waals surface area contributed by atoms with Crippen LogP contribution in [-0.2, 0) is 11.3 Å². The molecule has 0 radical (unpaired) electrons. The van der Waals surface area contributed by atoms with Crippen LogP contribution in [0.4, 0.5) is 5.82 Å². The summed E-state index contributed by atoms with van der Waals surface area (Å²) in [6.45, 7) is 4.39. The van der Waals surface area contributed by atoms with Crippen LogP contribution in [0.5, 0.6) is 0 Å². The Labute approximate surface area is 148 Å². The minimum absolute atomic E-state index is 0.169. The average molecular weight is 339 g/mol. The Balaban J connectivity index is 1.41. The van der Waals surface area contributed by atoms with Crippen LogP contribution in [-0.4, -0.2) is 46.8 Å². The van der Waals surface area contributed by atoms with E-state index in [4.69, 9.17) is 0 Å². The second kappa shape index (κ2) is 7.27. The Hall–Kier alpha value is -2.34. The molecule has 4 rings (SSSR count). The minimum atomic E-state index is 0.169. The number of benzene rings is 1.